The fourth-order valence-corrected chi connectivity index (χ4v) is 1.64. The molecule has 19 heavy (non-hydrogen) atoms. The van der Waals surface area contributed by atoms with E-state index < -0.39 is 5.82 Å². The normalized spacial score (nSPS) is 9.74. The third-order valence-electron chi connectivity index (χ3n) is 2.59. The Kier molecular flexibility index (Phi) is 3.99. The summed E-state index contributed by atoms with van der Waals surface area (Å²) in [5.74, 6) is 0.651. The summed E-state index contributed by atoms with van der Waals surface area (Å²) in [6.45, 7) is 0.289. The van der Waals surface area contributed by atoms with Crippen LogP contribution in [-0.4, -0.2) is 7.11 Å². The molecule has 0 saturated carbocycles. The zero-order valence-corrected chi connectivity index (χ0v) is 10.4. The molecular weight excluding hydrogens is 245 g/mol. The molecule has 3 nitrogen and oxygen atoms in total. The molecule has 0 heterocycles. The first-order chi connectivity index (χ1) is 9.22. The Morgan fingerprint density at radius 1 is 1.21 bits per heavy atom. The molecule has 0 aliphatic rings. The first kappa shape index (κ1) is 12.9. The van der Waals surface area contributed by atoms with Crippen LogP contribution in [0.1, 0.15) is 11.1 Å². The average molecular weight is 257 g/mol. The number of methoxy groups -OCH3 is 1. The van der Waals surface area contributed by atoms with Crippen molar-refractivity contribution in [3.05, 3.63) is 59.4 Å². The van der Waals surface area contributed by atoms with Gasteiger partial charge in [0.2, 0.25) is 0 Å². The summed E-state index contributed by atoms with van der Waals surface area (Å²) in [4.78, 5) is 0. The molecule has 0 saturated heterocycles. The molecule has 4 heteroatoms. The van der Waals surface area contributed by atoms with Crippen molar-refractivity contribution >= 4 is 0 Å². The van der Waals surface area contributed by atoms with Crippen molar-refractivity contribution in [3.8, 4) is 17.6 Å². The number of nitriles is 1. The predicted molar refractivity (Wildman–Crippen MR) is 68.4 cm³/mol. The third-order valence-corrected chi connectivity index (χ3v) is 2.59. The van der Waals surface area contributed by atoms with E-state index in [1.807, 2.05) is 30.3 Å². The topological polar surface area (TPSA) is 42.2 Å². The van der Waals surface area contributed by atoms with Gasteiger partial charge < -0.3 is 9.47 Å². The number of hydrogen-bond donors (Lipinski definition) is 0. The van der Waals surface area contributed by atoms with Crippen molar-refractivity contribution in [1.29, 1.82) is 5.26 Å². The molecule has 0 aromatic heterocycles. The summed E-state index contributed by atoms with van der Waals surface area (Å²) in [5, 5.41) is 8.91. The number of nitrogens with zero attached hydrogens (tertiary/aromatic N) is 1. The smallest absolute Gasteiger partial charge is 0.137 e. The predicted octanol–water partition coefficient (Wildman–Crippen LogP) is 3.28. The van der Waals surface area contributed by atoms with E-state index in [9.17, 15) is 4.39 Å². The van der Waals surface area contributed by atoms with Crippen molar-refractivity contribution in [1.82, 2.24) is 0 Å². The second-order valence-corrected chi connectivity index (χ2v) is 3.89. The van der Waals surface area contributed by atoms with Crippen molar-refractivity contribution in [2.75, 3.05) is 7.11 Å². The number of rotatable bonds is 4. The van der Waals surface area contributed by atoms with Crippen LogP contribution >= 0.6 is 0 Å². The lowest BCUT2D eigenvalue weighted by molar-refractivity contribution is 0.304. The molecule has 96 valence electrons. The van der Waals surface area contributed by atoms with Gasteiger partial charge in [-0.25, -0.2) is 4.39 Å². The first-order valence-corrected chi connectivity index (χ1v) is 5.68. The lowest BCUT2D eigenvalue weighted by Crippen LogP contribution is -1.98. The Bertz CT molecular complexity index is 620. The number of benzene rings is 2. The van der Waals surface area contributed by atoms with Crippen LogP contribution in [0.5, 0.6) is 11.5 Å². The average Bonchev–Trinajstić information content (AvgIpc) is 2.46. The van der Waals surface area contributed by atoms with Crippen molar-refractivity contribution in [2.45, 2.75) is 6.61 Å². The summed E-state index contributed by atoms with van der Waals surface area (Å²) >= 11 is 0. The zero-order chi connectivity index (χ0) is 13.7. The summed E-state index contributed by atoms with van der Waals surface area (Å²) in [5.41, 5.74) is 1.09. The van der Waals surface area contributed by atoms with Crippen molar-refractivity contribution in [3.63, 3.8) is 0 Å². The van der Waals surface area contributed by atoms with E-state index in [2.05, 4.69) is 0 Å². The van der Waals surface area contributed by atoms with Crippen LogP contribution in [0.2, 0.25) is 0 Å². The van der Waals surface area contributed by atoms with Gasteiger partial charge in [-0.05, 0) is 35.9 Å². The number of halogens is 1. The molecular formula is C15H12FNO2. The van der Waals surface area contributed by atoms with Crippen molar-refractivity contribution < 1.29 is 13.9 Å². The van der Waals surface area contributed by atoms with Gasteiger partial charge in [-0.3, -0.25) is 0 Å². The van der Waals surface area contributed by atoms with E-state index in [1.165, 1.54) is 12.1 Å². The minimum absolute atomic E-state index is 0.183. The van der Waals surface area contributed by atoms with Gasteiger partial charge >= 0.3 is 0 Å². The van der Waals surface area contributed by atoms with E-state index >= 15 is 0 Å². The quantitative estimate of drug-likeness (QED) is 0.844. The molecule has 2 rings (SSSR count). The molecule has 0 spiro atoms. The van der Waals surface area contributed by atoms with E-state index in [0.717, 1.165) is 17.4 Å². The molecule has 0 amide bonds. The minimum Gasteiger partial charge on any atom is -0.497 e. The second-order valence-electron chi connectivity index (χ2n) is 3.89. The van der Waals surface area contributed by atoms with Gasteiger partial charge in [0.1, 0.15) is 30.0 Å². The van der Waals surface area contributed by atoms with E-state index in [1.54, 1.807) is 7.11 Å². The highest BCUT2D eigenvalue weighted by Gasteiger charge is 2.05. The number of hydrogen-bond acceptors (Lipinski definition) is 3. The van der Waals surface area contributed by atoms with Gasteiger partial charge in [-0.2, -0.15) is 5.26 Å². The molecule has 0 aliphatic heterocycles. The maximum absolute atomic E-state index is 13.0. The first-order valence-electron chi connectivity index (χ1n) is 5.68. The molecule has 0 radical (unpaired) electrons. The van der Waals surface area contributed by atoms with E-state index in [4.69, 9.17) is 14.7 Å². The van der Waals surface area contributed by atoms with Crippen LogP contribution in [0.15, 0.2) is 42.5 Å². The highest BCUT2D eigenvalue weighted by Crippen LogP contribution is 2.21. The van der Waals surface area contributed by atoms with Gasteiger partial charge in [0.05, 0.1) is 12.7 Å². The molecule has 2 aromatic rings. The lowest BCUT2D eigenvalue weighted by Gasteiger charge is -2.09. The molecule has 0 atom stereocenters. The largest absolute Gasteiger partial charge is 0.497 e. The maximum Gasteiger partial charge on any atom is 0.137 e. The van der Waals surface area contributed by atoms with Crippen LogP contribution in [-0.2, 0) is 6.61 Å². The number of ether oxygens (including phenoxy) is 2. The zero-order valence-electron chi connectivity index (χ0n) is 10.4. The summed E-state index contributed by atoms with van der Waals surface area (Å²) in [6.07, 6.45) is 0. The Hall–Kier alpha value is -2.54. The van der Waals surface area contributed by atoms with Gasteiger partial charge in [0, 0.05) is 0 Å². The summed E-state index contributed by atoms with van der Waals surface area (Å²) in [7, 11) is 1.59. The third kappa shape index (κ3) is 3.23. The van der Waals surface area contributed by atoms with Crippen LogP contribution in [0, 0.1) is 17.1 Å². The monoisotopic (exact) mass is 257 g/mol. The van der Waals surface area contributed by atoms with Gasteiger partial charge in [-0.1, -0.05) is 12.1 Å². The van der Waals surface area contributed by atoms with Crippen LogP contribution in [0.3, 0.4) is 0 Å². The fraction of sp³-hybridized carbons (Fsp3) is 0.133. The highest BCUT2D eigenvalue weighted by molar-refractivity contribution is 5.43. The highest BCUT2D eigenvalue weighted by atomic mass is 19.1. The van der Waals surface area contributed by atoms with E-state index in [0.29, 0.717) is 5.75 Å². The van der Waals surface area contributed by atoms with Gasteiger partial charge in [0.15, 0.2) is 0 Å². The SMILES string of the molecule is COc1cccc(COc2ccc(F)cc2C#N)c1. The molecule has 2 aromatic carbocycles. The van der Waals surface area contributed by atoms with Gasteiger partial charge in [-0.15, -0.1) is 0 Å². The van der Waals surface area contributed by atoms with Crippen LogP contribution < -0.4 is 9.47 Å². The molecule has 0 N–H and O–H groups in total. The molecule has 0 aliphatic carbocycles. The minimum atomic E-state index is -0.453. The summed E-state index contributed by atoms with van der Waals surface area (Å²) < 4.78 is 23.6. The molecule has 0 unspecified atom stereocenters. The maximum atomic E-state index is 13.0. The lowest BCUT2D eigenvalue weighted by atomic mass is 10.2. The van der Waals surface area contributed by atoms with Crippen molar-refractivity contribution in [2.24, 2.45) is 0 Å². The van der Waals surface area contributed by atoms with Crippen LogP contribution in [0.4, 0.5) is 4.39 Å². The van der Waals surface area contributed by atoms with Gasteiger partial charge in [0.25, 0.3) is 0 Å². The fourth-order valence-electron chi connectivity index (χ4n) is 1.64. The standard InChI is InChI=1S/C15H12FNO2/c1-18-14-4-2-3-11(7-14)10-19-15-6-5-13(16)8-12(15)9-17/h2-8H,10H2,1H3. The molecule has 0 bridgehead atoms. The van der Waals surface area contributed by atoms with Crippen LogP contribution in [0.25, 0.3) is 0 Å². The Morgan fingerprint density at radius 2 is 2.05 bits per heavy atom. The molecule has 0 fully saturated rings. The Morgan fingerprint density at radius 3 is 2.79 bits per heavy atom. The summed E-state index contributed by atoms with van der Waals surface area (Å²) in [6, 6.07) is 13.2. The Labute approximate surface area is 110 Å². The Balaban J connectivity index is 2.12. The van der Waals surface area contributed by atoms with E-state index in [-0.39, 0.29) is 12.2 Å². The second kappa shape index (κ2) is 5.87.